The van der Waals surface area contributed by atoms with Crippen molar-refractivity contribution in [3.8, 4) is 0 Å². The van der Waals surface area contributed by atoms with Crippen LogP contribution in [0.4, 0.5) is 15.8 Å². The number of nitro groups is 1. The van der Waals surface area contributed by atoms with Crippen molar-refractivity contribution >= 4 is 38.6 Å². The van der Waals surface area contributed by atoms with Crippen LogP contribution < -0.4 is 5.32 Å². The fourth-order valence-electron chi connectivity index (χ4n) is 1.47. The molecule has 0 fully saturated rings. The van der Waals surface area contributed by atoms with E-state index in [1.54, 1.807) is 0 Å². The molecule has 2 aromatic rings. The lowest BCUT2D eigenvalue weighted by molar-refractivity contribution is -0.386. The van der Waals surface area contributed by atoms with Crippen LogP contribution in [0.2, 0.25) is 0 Å². The number of hydrogen-bond acceptors (Lipinski definition) is 4. The zero-order valence-electron chi connectivity index (χ0n) is 9.02. The van der Waals surface area contributed by atoms with Gasteiger partial charge >= 0.3 is 5.69 Å². The Labute approximate surface area is 115 Å². The summed E-state index contributed by atoms with van der Waals surface area (Å²) in [6.45, 7) is 0.405. The lowest BCUT2D eigenvalue weighted by Crippen LogP contribution is -2.03. The van der Waals surface area contributed by atoms with Crippen LogP contribution in [0, 0.1) is 15.9 Å². The Morgan fingerprint density at radius 1 is 1.44 bits per heavy atom. The van der Waals surface area contributed by atoms with Gasteiger partial charge in [-0.25, -0.2) is 0 Å². The highest BCUT2D eigenvalue weighted by molar-refractivity contribution is 9.10. The van der Waals surface area contributed by atoms with Gasteiger partial charge in [0, 0.05) is 9.35 Å². The van der Waals surface area contributed by atoms with Gasteiger partial charge in [-0.1, -0.05) is 6.07 Å². The Bertz CT molecular complexity index is 588. The molecular weight excluding hydrogens is 323 g/mol. The molecule has 0 unspecified atom stereocenters. The van der Waals surface area contributed by atoms with E-state index in [9.17, 15) is 14.5 Å². The van der Waals surface area contributed by atoms with Crippen LogP contribution in [-0.2, 0) is 6.54 Å². The summed E-state index contributed by atoms with van der Waals surface area (Å²) in [6, 6.07) is 5.89. The van der Waals surface area contributed by atoms with Crippen molar-refractivity contribution in [3.05, 3.63) is 54.9 Å². The summed E-state index contributed by atoms with van der Waals surface area (Å²) in [5, 5.41) is 15.6. The normalized spacial score (nSPS) is 10.3. The van der Waals surface area contributed by atoms with Gasteiger partial charge in [0.25, 0.3) is 0 Å². The van der Waals surface area contributed by atoms with E-state index in [1.807, 2.05) is 11.4 Å². The summed E-state index contributed by atoms with van der Waals surface area (Å²) in [7, 11) is 0. The van der Waals surface area contributed by atoms with Crippen molar-refractivity contribution in [2.45, 2.75) is 6.54 Å². The van der Waals surface area contributed by atoms with Gasteiger partial charge in [-0.3, -0.25) is 10.1 Å². The number of nitro benzene ring substituents is 1. The minimum atomic E-state index is -0.838. The van der Waals surface area contributed by atoms with Gasteiger partial charge in [0.05, 0.1) is 11.5 Å². The Kier molecular flexibility index (Phi) is 3.93. The van der Waals surface area contributed by atoms with E-state index in [0.29, 0.717) is 6.54 Å². The topological polar surface area (TPSA) is 55.2 Å². The first kappa shape index (κ1) is 13.0. The van der Waals surface area contributed by atoms with E-state index >= 15 is 0 Å². The predicted octanol–water partition coefficient (Wildman–Crippen LogP) is 4.17. The average Bonchev–Trinajstić information content (AvgIpc) is 2.71. The largest absolute Gasteiger partial charge is 0.374 e. The number of thiophene rings is 1. The lowest BCUT2D eigenvalue weighted by atomic mass is 10.2. The van der Waals surface area contributed by atoms with E-state index in [-0.39, 0.29) is 5.69 Å². The molecule has 0 aliphatic rings. The molecule has 0 spiro atoms. The van der Waals surface area contributed by atoms with Gasteiger partial charge in [-0.2, -0.15) is 4.39 Å². The van der Waals surface area contributed by atoms with Crippen LogP contribution in [0.5, 0.6) is 0 Å². The number of nitrogens with one attached hydrogen (secondary N) is 1. The first-order chi connectivity index (χ1) is 8.59. The molecule has 1 N–H and O–H groups in total. The van der Waals surface area contributed by atoms with Crippen LogP contribution >= 0.6 is 27.3 Å². The van der Waals surface area contributed by atoms with Crippen LogP contribution in [-0.4, -0.2) is 4.92 Å². The van der Waals surface area contributed by atoms with Crippen LogP contribution in [0.3, 0.4) is 0 Å². The molecule has 1 aromatic carbocycles. The molecule has 0 atom stereocenters. The molecule has 2 rings (SSSR count). The summed E-state index contributed by atoms with van der Waals surface area (Å²) >= 11 is 4.88. The molecule has 0 aliphatic carbocycles. The highest BCUT2D eigenvalue weighted by atomic mass is 79.9. The molecule has 0 saturated carbocycles. The first-order valence-electron chi connectivity index (χ1n) is 4.98. The van der Waals surface area contributed by atoms with E-state index in [1.165, 1.54) is 23.5 Å². The molecular formula is C11H8BrFN2O2S. The highest BCUT2D eigenvalue weighted by Crippen LogP contribution is 2.29. The Morgan fingerprint density at radius 3 is 2.83 bits per heavy atom. The van der Waals surface area contributed by atoms with Crippen molar-refractivity contribution in [1.29, 1.82) is 0 Å². The maximum atomic E-state index is 13.4. The molecule has 1 aromatic heterocycles. The number of hydrogen-bond donors (Lipinski definition) is 1. The maximum absolute atomic E-state index is 13.4. The zero-order valence-corrected chi connectivity index (χ0v) is 11.4. The van der Waals surface area contributed by atoms with E-state index in [0.717, 1.165) is 15.4 Å². The summed E-state index contributed by atoms with van der Waals surface area (Å²) in [5.74, 6) is -0.838. The smallest absolute Gasteiger partial charge is 0.327 e. The third-order valence-electron chi connectivity index (χ3n) is 2.30. The van der Waals surface area contributed by atoms with Gasteiger partial charge in [0.1, 0.15) is 5.69 Å². The Hall–Kier alpha value is -1.47. The van der Waals surface area contributed by atoms with Gasteiger partial charge in [-0.15, -0.1) is 11.3 Å². The number of benzene rings is 1. The molecule has 4 nitrogen and oxygen atoms in total. The van der Waals surface area contributed by atoms with E-state index in [4.69, 9.17) is 0 Å². The van der Waals surface area contributed by atoms with Crippen molar-refractivity contribution < 1.29 is 9.31 Å². The zero-order chi connectivity index (χ0) is 13.1. The maximum Gasteiger partial charge on any atom is 0.327 e. The monoisotopic (exact) mass is 330 g/mol. The quantitative estimate of drug-likeness (QED) is 0.676. The number of anilines is 1. The van der Waals surface area contributed by atoms with Gasteiger partial charge < -0.3 is 5.32 Å². The van der Waals surface area contributed by atoms with Crippen molar-refractivity contribution in [3.63, 3.8) is 0 Å². The van der Waals surface area contributed by atoms with Gasteiger partial charge in [0.15, 0.2) is 0 Å². The fraction of sp³-hybridized carbons (Fsp3) is 0.0909. The fourth-order valence-corrected chi connectivity index (χ4v) is 2.90. The van der Waals surface area contributed by atoms with Gasteiger partial charge in [0.2, 0.25) is 5.82 Å². The molecule has 18 heavy (non-hydrogen) atoms. The SMILES string of the molecule is O=[N+]([O-])c1c(F)cccc1NCc1sccc1Br. The van der Waals surface area contributed by atoms with Crippen LogP contribution in [0.15, 0.2) is 34.1 Å². The Morgan fingerprint density at radius 2 is 2.22 bits per heavy atom. The van der Waals surface area contributed by atoms with Crippen molar-refractivity contribution in [1.82, 2.24) is 0 Å². The average molecular weight is 331 g/mol. The standard InChI is InChI=1S/C11H8BrFN2O2S/c12-7-4-5-18-10(7)6-14-9-3-1-2-8(13)11(9)15(16)17/h1-5,14H,6H2. The summed E-state index contributed by atoms with van der Waals surface area (Å²) < 4.78 is 14.3. The lowest BCUT2D eigenvalue weighted by Gasteiger charge is -2.06. The molecule has 94 valence electrons. The third kappa shape index (κ3) is 2.68. The minimum absolute atomic E-state index is 0.181. The molecule has 0 bridgehead atoms. The Balaban J connectivity index is 2.22. The second-order valence-electron chi connectivity index (χ2n) is 3.44. The molecule has 0 radical (unpaired) electrons. The second-order valence-corrected chi connectivity index (χ2v) is 5.29. The van der Waals surface area contributed by atoms with Gasteiger partial charge in [-0.05, 0) is 39.5 Å². The second kappa shape index (κ2) is 5.45. The number of halogens is 2. The minimum Gasteiger partial charge on any atom is -0.374 e. The van der Waals surface area contributed by atoms with Crippen LogP contribution in [0.1, 0.15) is 4.88 Å². The summed E-state index contributed by atoms with van der Waals surface area (Å²) in [5.41, 5.74) is -0.342. The number of para-hydroxylation sites is 1. The molecule has 7 heteroatoms. The summed E-state index contributed by atoms with van der Waals surface area (Å²) in [6.07, 6.45) is 0. The van der Waals surface area contributed by atoms with E-state index in [2.05, 4.69) is 21.2 Å². The predicted molar refractivity (Wildman–Crippen MR) is 72.4 cm³/mol. The molecule has 0 amide bonds. The number of nitrogens with zero attached hydrogens (tertiary/aromatic N) is 1. The number of rotatable bonds is 4. The highest BCUT2D eigenvalue weighted by Gasteiger charge is 2.19. The first-order valence-corrected chi connectivity index (χ1v) is 6.65. The van der Waals surface area contributed by atoms with Crippen molar-refractivity contribution in [2.75, 3.05) is 5.32 Å². The summed E-state index contributed by atoms with van der Waals surface area (Å²) in [4.78, 5) is 11.1. The van der Waals surface area contributed by atoms with E-state index < -0.39 is 16.4 Å². The van der Waals surface area contributed by atoms with Crippen molar-refractivity contribution in [2.24, 2.45) is 0 Å². The molecule has 0 aliphatic heterocycles. The molecule has 1 heterocycles. The molecule has 0 saturated heterocycles. The third-order valence-corrected chi connectivity index (χ3v) is 4.23. The van der Waals surface area contributed by atoms with Crippen LogP contribution in [0.25, 0.3) is 0 Å².